The van der Waals surface area contributed by atoms with Crippen LogP contribution in [0.3, 0.4) is 0 Å². The molecule has 156 valence electrons. The van der Waals surface area contributed by atoms with Gasteiger partial charge in [0.05, 0.1) is 6.54 Å². The van der Waals surface area contributed by atoms with Crippen molar-refractivity contribution in [1.82, 2.24) is 14.9 Å². The van der Waals surface area contributed by atoms with Gasteiger partial charge in [0.25, 0.3) is 5.91 Å². The zero-order chi connectivity index (χ0) is 21.8. The number of H-pyrrole nitrogens is 1. The predicted molar refractivity (Wildman–Crippen MR) is 91.5 cm³/mol. The Hall–Kier alpha value is -3.39. The van der Waals surface area contributed by atoms with Crippen LogP contribution in [0.5, 0.6) is 0 Å². The highest BCUT2D eigenvalue weighted by Gasteiger charge is 2.53. The van der Waals surface area contributed by atoms with Gasteiger partial charge in [-0.15, -0.1) is 11.8 Å². The third-order valence-electron chi connectivity index (χ3n) is 3.61. The number of anilines is 1. The predicted octanol–water partition coefficient (Wildman–Crippen LogP) is 1.39. The lowest BCUT2D eigenvalue weighted by atomic mass is 10.0. The molecular formula is C13H12F3N7O5S. The minimum absolute atomic E-state index is 0.0576. The number of rotatable bonds is 5. The van der Waals surface area contributed by atoms with E-state index in [1.165, 1.54) is 16.7 Å². The Bertz CT molecular complexity index is 882. The van der Waals surface area contributed by atoms with E-state index in [4.69, 9.17) is 15.4 Å². The van der Waals surface area contributed by atoms with Crippen LogP contribution in [0.15, 0.2) is 28.8 Å². The lowest BCUT2D eigenvalue weighted by molar-refractivity contribution is -0.192. The van der Waals surface area contributed by atoms with E-state index in [0.29, 0.717) is 17.3 Å². The van der Waals surface area contributed by atoms with Crippen LogP contribution in [0.4, 0.5) is 19.1 Å². The van der Waals surface area contributed by atoms with Crippen LogP contribution in [0, 0.1) is 0 Å². The molecule has 1 aromatic rings. The van der Waals surface area contributed by atoms with Crippen molar-refractivity contribution in [3.63, 3.8) is 0 Å². The van der Waals surface area contributed by atoms with Crippen LogP contribution < -0.4 is 5.32 Å². The summed E-state index contributed by atoms with van der Waals surface area (Å²) in [4.78, 5) is 43.3. The number of carboxylic acid groups (broad SMARTS) is 2. The van der Waals surface area contributed by atoms with E-state index in [1.807, 2.05) is 0 Å². The number of nitrogens with zero attached hydrogens (tertiary/aromatic N) is 5. The van der Waals surface area contributed by atoms with E-state index in [2.05, 4.69) is 25.3 Å². The van der Waals surface area contributed by atoms with Gasteiger partial charge in [-0.3, -0.25) is 9.69 Å². The number of carbonyl (C=O) groups excluding carboxylic acids is 1. The Balaban J connectivity index is 0.000000370. The van der Waals surface area contributed by atoms with Crippen LogP contribution in [0.25, 0.3) is 10.4 Å². The maximum atomic E-state index is 12.3. The van der Waals surface area contributed by atoms with Gasteiger partial charge < -0.3 is 20.5 Å². The second-order valence-corrected chi connectivity index (χ2v) is 6.52. The van der Waals surface area contributed by atoms with Crippen molar-refractivity contribution in [3.8, 4) is 0 Å². The smallest absolute Gasteiger partial charge is 0.477 e. The highest BCUT2D eigenvalue weighted by Crippen LogP contribution is 2.41. The van der Waals surface area contributed by atoms with Crippen molar-refractivity contribution in [2.24, 2.45) is 5.11 Å². The molecule has 16 heteroatoms. The van der Waals surface area contributed by atoms with Crippen molar-refractivity contribution in [2.45, 2.75) is 17.6 Å². The Labute approximate surface area is 163 Å². The number of hydrogen-bond donors (Lipinski definition) is 4. The highest BCUT2D eigenvalue weighted by molar-refractivity contribution is 8.00. The zero-order valence-electron chi connectivity index (χ0n) is 14.1. The van der Waals surface area contributed by atoms with Crippen molar-refractivity contribution in [2.75, 3.05) is 17.6 Å². The number of azide groups is 1. The number of aliphatic carboxylic acids is 2. The summed E-state index contributed by atoms with van der Waals surface area (Å²) in [6.07, 6.45) is -1.91. The number of halogens is 3. The fourth-order valence-corrected chi connectivity index (χ4v) is 3.75. The number of fused-ring (bicyclic) bond motifs is 1. The fraction of sp³-hybridized carbons (Fsp3) is 0.385. The molecule has 12 nitrogen and oxygen atoms in total. The first-order valence-electron chi connectivity index (χ1n) is 7.54. The first-order valence-corrected chi connectivity index (χ1v) is 8.59. The molecule has 2 aliphatic rings. The SMILES string of the molecule is O=C(O)C(F)(F)F.[N-]=[N+]=NCC1=C(C(=O)O)N2C(=O)C(Nc3ncc[nH]3)[C@H]2SC1. The standard InChI is InChI=1S/C11H11N7O3S.C2HF3O2/c12-17-15-3-5-4-22-9-6(16-11-13-1-2-14-11)8(19)18(9)7(5)10(20)21;3-2(4,5)1(6)7/h1-2,6,9H,3-4H2,(H,20,21)(H2,13,14,16);(H,6,7)/t6?,9-;/m1./s1. The number of aromatic amines is 1. The highest BCUT2D eigenvalue weighted by atomic mass is 32.2. The van der Waals surface area contributed by atoms with Crippen molar-refractivity contribution >= 4 is 35.6 Å². The summed E-state index contributed by atoms with van der Waals surface area (Å²) < 4.78 is 31.7. The van der Waals surface area contributed by atoms with Gasteiger partial charge in [-0.25, -0.2) is 14.6 Å². The largest absolute Gasteiger partial charge is 0.490 e. The molecule has 4 N–H and O–H groups in total. The van der Waals surface area contributed by atoms with Gasteiger partial charge in [-0.1, -0.05) is 5.11 Å². The Morgan fingerprint density at radius 2 is 2.14 bits per heavy atom. The molecule has 0 spiro atoms. The monoisotopic (exact) mass is 435 g/mol. The van der Waals surface area contributed by atoms with Crippen molar-refractivity contribution in [1.29, 1.82) is 0 Å². The Morgan fingerprint density at radius 3 is 2.62 bits per heavy atom. The number of carbonyl (C=O) groups is 3. The van der Waals surface area contributed by atoms with E-state index < -0.39 is 24.2 Å². The topological polar surface area (TPSA) is 184 Å². The van der Waals surface area contributed by atoms with Crippen LogP contribution in [-0.2, 0) is 14.4 Å². The van der Waals surface area contributed by atoms with Gasteiger partial charge in [-0.2, -0.15) is 13.2 Å². The molecule has 0 aromatic carbocycles. The summed E-state index contributed by atoms with van der Waals surface area (Å²) in [7, 11) is 0. The van der Waals surface area contributed by atoms with E-state index in [0.717, 1.165) is 0 Å². The van der Waals surface area contributed by atoms with E-state index in [9.17, 15) is 27.9 Å². The number of thioether (sulfide) groups is 1. The first-order chi connectivity index (χ1) is 13.6. The summed E-state index contributed by atoms with van der Waals surface area (Å²) in [5.41, 5.74) is 8.73. The number of hydrogen-bond acceptors (Lipinski definition) is 7. The normalized spacial score (nSPS) is 20.5. The molecule has 2 aliphatic heterocycles. The van der Waals surface area contributed by atoms with Gasteiger partial charge in [-0.05, 0) is 11.1 Å². The number of carboxylic acids is 2. The number of β-lactam (4-membered cyclic amide) rings is 1. The van der Waals surface area contributed by atoms with E-state index >= 15 is 0 Å². The van der Waals surface area contributed by atoms with Gasteiger partial charge in [0.15, 0.2) is 0 Å². The number of imidazole rings is 1. The molecule has 1 aromatic heterocycles. The molecule has 2 atom stereocenters. The van der Waals surface area contributed by atoms with Crippen LogP contribution >= 0.6 is 11.8 Å². The maximum Gasteiger partial charge on any atom is 0.490 e. The lowest BCUT2D eigenvalue weighted by Gasteiger charge is -2.49. The summed E-state index contributed by atoms with van der Waals surface area (Å²) in [5.74, 6) is -3.44. The Kier molecular flexibility index (Phi) is 6.60. The minimum Gasteiger partial charge on any atom is -0.477 e. The zero-order valence-corrected chi connectivity index (χ0v) is 14.9. The van der Waals surface area contributed by atoms with Crippen LogP contribution in [0.1, 0.15) is 0 Å². The second-order valence-electron chi connectivity index (χ2n) is 5.42. The molecule has 0 bridgehead atoms. The third-order valence-corrected chi connectivity index (χ3v) is 4.95. The lowest BCUT2D eigenvalue weighted by Crippen LogP contribution is -2.67. The molecule has 1 unspecified atom stereocenters. The summed E-state index contributed by atoms with van der Waals surface area (Å²) in [5, 5.41) is 22.5. The molecule has 3 heterocycles. The average molecular weight is 435 g/mol. The van der Waals surface area contributed by atoms with Gasteiger partial charge in [0.1, 0.15) is 17.1 Å². The van der Waals surface area contributed by atoms with Gasteiger partial charge in [0, 0.05) is 23.1 Å². The van der Waals surface area contributed by atoms with Gasteiger partial charge >= 0.3 is 18.1 Å². The Morgan fingerprint density at radius 1 is 1.48 bits per heavy atom. The fourth-order valence-electron chi connectivity index (χ4n) is 2.41. The van der Waals surface area contributed by atoms with Gasteiger partial charge in [0.2, 0.25) is 5.95 Å². The molecule has 0 aliphatic carbocycles. The maximum absolute atomic E-state index is 12.3. The molecule has 1 fully saturated rings. The van der Waals surface area contributed by atoms with Crippen molar-refractivity contribution in [3.05, 3.63) is 34.1 Å². The number of alkyl halides is 3. The molecular weight excluding hydrogens is 423 g/mol. The molecule has 0 saturated carbocycles. The van der Waals surface area contributed by atoms with Crippen LogP contribution in [-0.4, -0.2) is 72.8 Å². The van der Waals surface area contributed by atoms with Crippen molar-refractivity contribution < 1.29 is 37.8 Å². The molecule has 0 radical (unpaired) electrons. The molecule has 1 amide bonds. The van der Waals surface area contributed by atoms with E-state index in [1.54, 1.807) is 12.4 Å². The second kappa shape index (κ2) is 8.74. The van der Waals surface area contributed by atoms with E-state index in [-0.39, 0.29) is 23.5 Å². The van der Waals surface area contributed by atoms with Crippen LogP contribution in [0.2, 0.25) is 0 Å². The average Bonchev–Trinajstić information content (AvgIpc) is 3.16. The minimum atomic E-state index is -5.08. The molecule has 1 saturated heterocycles. The summed E-state index contributed by atoms with van der Waals surface area (Å²) in [6, 6.07) is -0.536. The molecule has 29 heavy (non-hydrogen) atoms. The number of amides is 1. The molecule has 3 rings (SSSR count). The number of aromatic nitrogens is 2. The first kappa shape index (κ1) is 21.9. The third kappa shape index (κ3) is 4.91. The summed E-state index contributed by atoms with van der Waals surface area (Å²) >= 11 is 1.42. The number of nitrogens with one attached hydrogen (secondary N) is 2. The summed E-state index contributed by atoms with van der Waals surface area (Å²) in [6.45, 7) is -0.0576. The quantitative estimate of drug-likeness (QED) is 0.231.